The minimum Gasteiger partial charge on any atom is -0.444 e. The molecule has 3 heterocycles. The van der Waals surface area contributed by atoms with Gasteiger partial charge in [0.05, 0.1) is 19.3 Å². The number of carbonyl (C=O) groups is 1. The van der Waals surface area contributed by atoms with Gasteiger partial charge in [-0.2, -0.15) is 0 Å². The fourth-order valence-electron chi connectivity index (χ4n) is 3.66. The van der Waals surface area contributed by atoms with Crippen LogP contribution in [-0.2, 0) is 9.47 Å². The fraction of sp³-hybridized carbons (Fsp3) is 0.700. The molecular formula is C20H31N3O3. The molecule has 1 amide bonds. The van der Waals surface area contributed by atoms with Crippen LogP contribution in [0.15, 0.2) is 12.3 Å². The second-order valence-corrected chi connectivity index (χ2v) is 8.18. The van der Waals surface area contributed by atoms with Crippen molar-refractivity contribution in [1.82, 2.24) is 9.88 Å². The number of morpholine rings is 1. The number of aromatic nitrogens is 1. The average molecular weight is 361 g/mol. The zero-order valence-corrected chi connectivity index (χ0v) is 16.5. The number of carbonyl (C=O) groups excluding carboxylic acids is 1. The minimum absolute atomic E-state index is 0.0461. The van der Waals surface area contributed by atoms with Gasteiger partial charge in [-0.3, -0.25) is 0 Å². The van der Waals surface area contributed by atoms with E-state index in [0.29, 0.717) is 0 Å². The van der Waals surface area contributed by atoms with Crippen LogP contribution in [0, 0.1) is 6.92 Å². The van der Waals surface area contributed by atoms with E-state index in [9.17, 15) is 4.79 Å². The lowest BCUT2D eigenvalue weighted by molar-refractivity contribution is 0.00942. The summed E-state index contributed by atoms with van der Waals surface area (Å²) < 4.78 is 11.1. The normalized spacial score (nSPS) is 21.6. The third kappa shape index (κ3) is 4.47. The molecule has 2 aliphatic heterocycles. The first-order valence-corrected chi connectivity index (χ1v) is 9.64. The molecule has 26 heavy (non-hydrogen) atoms. The van der Waals surface area contributed by atoms with Crippen molar-refractivity contribution in [1.29, 1.82) is 0 Å². The summed E-state index contributed by atoms with van der Waals surface area (Å²) in [6.07, 6.45) is 4.83. The van der Waals surface area contributed by atoms with Crippen molar-refractivity contribution in [3.8, 4) is 0 Å². The monoisotopic (exact) mass is 361 g/mol. The standard InChI is InChI=1S/C20H31N3O3/c1-15-13-18(22-9-11-25-12-10-22)21-14-16(15)17-7-5-6-8-23(17)19(24)26-20(2,3)4/h13-14,17H,5-12H2,1-4H3/t17-/m0/s1. The van der Waals surface area contributed by atoms with Gasteiger partial charge in [0.2, 0.25) is 0 Å². The lowest BCUT2D eigenvalue weighted by atomic mass is 9.94. The minimum atomic E-state index is -0.480. The Morgan fingerprint density at radius 3 is 2.62 bits per heavy atom. The molecule has 2 fully saturated rings. The first-order valence-electron chi connectivity index (χ1n) is 9.64. The topological polar surface area (TPSA) is 54.9 Å². The van der Waals surface area contributed by atoms with Gasteiger partial charge >= 0.3 is 6.09 Å². The summed E-state index contributed by atoms with van der Waals surface area (Å²) in [4.78, 5) is 21.5. The lowest BCUT2D eigenvalue weighted by Crippen LogP contribution is -2.42. The molecule has 1 aromatic rings. The van der Waals surface area contributed by atoms with Crippen LogP contribution in [0.1, 0.15) is 57.2 Å². The highest BCUT2D eigenvalue weighted by Gasteiger charge is 2.32. The number of nitrogens with zero attached hydrogens (tertiary/aromatic N) is 3. The highest BCUT2D eigenvalue weighted by atomic mass is 16.6. The maximum Gasteiger partial charge on any atom is 0.410 e. The first-order chi connectivity index (χ1) is 12.3. The van der Waals surface area contributed by atoms with Crippen LogP contribution in [0.25, 0.3) is 0 Å². The Kier molecular flexibility index (Phi) is 5.70. The first kappa shape index (κ1) is 19.0. The highest BCUT2D eigenvalue weighted by Crippen LogP contribution is 2.34. The van der Waals surface area contributed by atoms with E-state index < -0.39 is 5.60 Å². The molecule has 1 atom stereocenters. The number of likely N-dealkylation sites (tertiary alicyclic amines) is 1. The van der Waals surface area contributed by atoms with Crippen molar-refractivity contribution in [3.05, 3.63) is 23.4 Å². The third-order valence-electron chi connectivity index (χ3n) is 4.96. The summed E-state index contributed by atoms with van der Waals surface area (Å²) >= 11 is 0. The molecule has 3 rings (SSSR count). The lowest BCUT2D eigenvalue weighted by Gasteiger charge is -2.37. The maximum absolute atomic E-state index is 12.7. The van der Waals surface area contributed by atoms with E-state index in [1.165, 1.54) is 5.56 Å². The van der Waals surface area contributed by atoms with Gasteiger partial charge in [0, 0.05) is 25.8 Å². The van der Waals surface area contributed by atoms with Crippen molar-refractivity contribution in [2.45, 2.75) is 58.6 Å². The Morgan fingerprint density at radius 1 is 1.23 bits per heavy atom. The molecule has 0 aliphatic carbocycles. The maximum atomic E-state index is 12.7. The summed E-state index contributed by atoms with van der Waals surface area (Å²) in [6, 6.07) is 2.19. The van der Waals surface area contributed by atoms with Gasteiger partial charge < -0.3 is 19.3 Å². The molecule has 2 aliphatic rings. The Morgan fingerprint density at radius 2 is 1.96 bits per heavy atom. The SMILES string of the molecule is Cc1cc(N2CCOCC2)ncc1[C@@H]1CCCCN1C(=O)OC(C)(C)C. The predicted octanol–water partition coefficient (Wildman–Crippen LogP) is 3.69. The molecule has 6 heteroatoms. The molecule has 0 saturated carbocycles. The Hall–Kier alpha value is -1.82. The number of ether oxygens (including phenoxy) is 2. The zero-order chi connectivity index (χ0) is 18.7. The Balaban J connectivity index is 1.79. The molecule has 1 aromatic heterocycles. The Labute approximate surface area is 156 Å². The second-order valence-electron chi connectivity index (χ2n) is 8.18. The molecule has 0 radical (unpaired) electrons. The van der Waals surface area contributed by atoms with Crippen LogP contribution >= 0.6 is 0 Å². The van der Waals surface area contributed by atoms with Gasteiger partial charge in [0.25, 0.3) is 0 Å². The van der Waals surface area contributed by atoms with Crippen LogP contribution in [-0.4, -0.2) is 54.4 Å². The van der Waals surface area contributed by atoms with Gasteiger partial charge in [-0.05, 0) is 64.2 Å². The van der Waals surface area contributed by atoms with E-state index in [0.717, 1.165) is 63.5 Å². The summed E-state index contributed by atoms with van der Waals surface area (Å²) in [5.74, 6) is 0.995. The molecule has 0 bridgehead atoms. The predicted molar refractivity (Wildman–Crippen MR) is 102 cm³/mol. The summed E-state index contributed by atoms with van der Waals surface area (Å²) in [6.45, 7) is 11.8. The fourth-order valence-corrected chi connectivity index (χ4v) is 3.66. The van der Waals surface area contributed by atoms with Gasteiger partial charge in [-0.25, -0.2) is 9.78 Å². The van der Waals surface area contributed by atoms with Gasteiger partial charge in [0.15, 0.2) is 0 Å². The number of rotatable bonds is 2. The summed E-state index contributed by atoms with van der Waals surface area (Å²) in [5, 5.41) is 0. The van der Waals surface area contributed by atoms with Crippen LogP contribution in [0.2, 0.25) is 0 Å². The molecule has 0 spiro atoms. The number of hydrogen-bond acceptors (Lipinski definition) is 5. The van der Waals surface area contributed by atoms with Crippen LogP contribution in [0.5, 0.6) is 0 Å². The van der Waals surface area contributed by atoms with Crippen molar-refractivity contribution in [2.24, 2.45) is 0 Å². The summed E-state index contributed by atoms with van der Waals surface area (Å²) in [5.41, 5.74) is 1.83. The molecule has 0 aromatic carbocycles. The van der Waals surface area contributed by atoms with Crippen molar-refractivity contribution < 1.29 is 14.3 Å². The van der Waals surface area contributed by atoms with E-state index in [2.05, 4.69) is 17.9 Å². The number of pyridine rings is 1. The number of anilines is 1. The number of aryl methyl sites for hydroxylation is 1. The molecule has 0 unspecified atom stereocenters. The quantitative estimate of drug-likeness (QED) is 0.804. The number of piperidine rings is 1. The van der Waals surface area contributed by atoms with Gasteiger partial charge in [-0.15, -0.1) is 0 Å². The average Bonchev–Trinajstić information content (AvgIpc) is 2.61. The van der Waals surface area contributed by atoms with E-state index in [-0.39, 0.29) is 12.1 Å². The third-order valence-corrected chi connectivity index (χ3v) is 4.96. The van der Waals surface area contributed by atoms with Crippen molar-refractivity contribution in [2.75, 3.05) is 37.7 Å². The number of hydrogen-bond donors (Lipinski definition) is 0. The van der Waals surface area contributed by atoms with Crippen LogP contribution in [0.4, 0.5) is 10.6 Å². The van der Waals surface area contributed by atoms with E-state index in [1.54, 1.807) is 0 Å². The largest absolute Gasteiger partial charge is 0.444 e. The molecule has 2 saturated heterocycles. The van der Waals surface area contributed by atoms with E-state index in [1.807, 2.05) is 31.9 Å². The van der Waals surface area contributed by atoms with Crippen molar-refractivity contribution in [3.63, 3.8) is 0 Å². The van der Waals surface area contributed by atoms with Crippen molar-refractivity contribution >= 4 is 11.9 Å². The Bertz CT molecular complexity index is 636. The zero-order valence-electron chi connectivity index (χ0n) is 16.5. The number of amides is 1. The van der Waals surface area contributed by atoms with Crippen LogP contribution in [0.3, 0.4) is 0 Å². The molecule has 6 nitrogen and oxygen atoms in total. The summed E-state index contributed by atoms with van der Waals surface area (Å²) in [7, 11) is 0. The van der Waals surface area contributed by atoms with E-state index >= 15 is 0 Å². The highest BCUT2D eigenvalue weighted by molar-refractivity contribution is 5.69. The van der Waals surface area contributed by atoms with Crippen LogP contribution < -0.4 is 4.90 Å². The van der Waals surface area contributed by atoms with Gasteiger partial charge in [-0.1, -0.05) is 0 Å². The molecule has 144 valence electrons. The second kappa shape index (κ2) is 7.82. The van der Waals surface area contributed by atoms with E-state index in [4.69, 9.17) is 14.5 Å². The molecular weight excluding hydrogens is 330 g/mol. The van der Waals surface area contributed by atoms with Gasteiger partial charge in [0.1, 0.15) is 11.4 Å². The molecule has 0 N–H and O–H groups in total. The smallest absolute Gasteiger partial charge is 0.410 e.